The lowest BCUT2D eigenvalue weighted by atomic mass is 9.96. The van der Waals surface area contributed by atoms with E-state index in [4.69, 9.17) is 4.74 Å². The van der Waals surface area contributed by atoms with Crippen molar-refractivity contribution in [2.45, 2.75) is 34.3 Å². The Kier molecular flexibility index (Phi) is 8.45. The maximum absolute atomic E-state index is 14.2. The maximum atomic E-state index is 14.2. The number of halogens is 3. The number of para-hydroxylation sites is 4. The van der Waals surface area contributed by atoms with Crippen LogP contribution in [0.5, 0.6) is 17.2 Å². The minimum absolute atomic E-state index is 0.0124. The molecule has 4 unspecified atom stereocenters. The number of alkyl halides is 3. The van der Waals surface area contributed by atoms with Gasteiger partial charge in [0, 0.05) is 20.1 Å². The van der Waals surface area contributed by atoms with Crippen LogP contribution in [0.4, 0.5) is 24.5 Å². The van der Waals surface area contributed by atoms with E-state index in [0.717, 1.165) is 12.1 Å². The van der Waals surface area contributed by atoms with Crippen molar-refractivity contribution in [2.24, 2.45) is 4.36 Å². The van der Waals surface area contributed by atoms with Gasteiger partial charge in [0.15, 0.2) is 11.5 Å². The second-order valence-corrected chi connectivity index (χ2v) is 14.6. The van der Waals surface area contributed by atoms with Crippen molar-refractivity contribution in [1.29, 1.82) is 0 Å². The Morgan fingerprint density at radius 3 is 1.96 bits per heavy atom. The summed E-state index contributed by atoms with van der Waals surface area (Å²) in [5, 5.41) is 12.0. The zero-order valence-electron chi connectivity index (χ0n) is 24.2. The fourth-order valence-electron chi connectivity index (χ4n) is 5.61. The van der Waals surface area contributed by atoms with E-state index in [2.05, 4.69) is 13.8 Å². The van der Waals surface area contributed by atoms with Gasteiger partial charge in [0.25, 0.3) is 0 Å². The first-order chi connectivity index (χ1) is 21.9. The molecule has 2 heterocycles. The maximum Gasteiger partial charge on any atom is 0.573 e. The van der Waals surface area contributed by atoms with Crippen molar-refractivity contribution in [3.05, 3.63) is 103 Å². The molecule has 4 atom stereocenters. The highest BCUT2D eigenvalue weighted by atomic mass is 32.2. The molecule has 0 aliphatic carbocycles. The summed E-state index contributed by atoms with van der Waals surface area (Å²) in [6.07, 6.45) is -6.24. The van der Waals surface area contributed by atoms with E-state index >= 15 is 0 Å². The number of sulfonamides is 1. The highest BCUT2D eigenvalue weighted by molar-refractivity contribution is 7.91. The Bertz CT molecular complexity index is 1910. The van der Waals surface area contributed by atoms with Gasteiger partial charge in [-0.05, 0) is 60.7 Å². The monoisotopic (exact) mass is 674 g/mol. The normalized spacial score (nSPS) is 21.3. The lowest BCUT2D eigenvalue weighted by molar-refractivity contribution is -0.274. The molecule has 4 aromatic carbocycles. The third-order valence-corrected chi connectivity index (χ3v) is 11.6. The Balaban J connectivity index is 1.42. The fourth-order valence-corrected chi connectivity index (χ4v) is 8.70. The molecule has 4 aromatic rings. The summed E-state index contributed by atoms with van der Waals surface area (Å²) >= 11 is 0. The lowest BCUT2D eigenvalue weighted by Gasteiger charge is -2.47. The van der Waals surface area contributed by atoms with Gasteiger partial charge in [0.1, 0.15) is 15.7 Å². The average molecular weight is 675 g/mol. The summed E-state index contributed by atoms with van der Waals surface area (Å²) in [7, 11) is -6.45. The molecule has 6 rings (SSSR count). The largest absolute Gasteiger partial charge is 0.573 e. The van der Waals surface area contributed by atoms with Crippen LogP contribution < -0.4 is 19.1 Å². The summed E-state index contributed by atoms with van der Waals surface area (Å²) in [5.74, 6) is 0.473. The molecular weight excluding hydrogens is 645 g/mol. The van der Waals surface area contributed by atoms with Gasteiger partial charge in [-0.2, -0.15) is 4.31 Å². The number of rotatable bonds is 7. The number of anilines is 2. The molecule has 0 saturated carbocycles. The van der Waals surface area contributed by atoms with Crippen LogP contribution in [0.15, 0.2) is 117 Å². The second kappa shape index (κ2) is 12.2. The molecule has 0 radical (unpaired) electrons. The Morgan fingerprint density at radius 2 is 1.39 bits per heavy atom. The quantitative estimate of drug-likeness (QED) is 0.273. The lowest BCUT2D eigenvalue weighted by Crippen LogP contribution is -2.65. The molecular formula is C31H29F3N4O6S2. The fraction of sp³-hybridized carbons (Fsp3) is 0.226. The predicted molar refractivity (Wildman–Crippen MR) is 165 cm³/mol. The van der Waals surface area contributed by atoms with Crippen LogP contribution in [0.2, 0.25) is 0 Å². The average Bonchev–Trinajstić information content (AvgIpc) is 3.04. The van der Waals surface area contributed by atoms with Gasteiger partial charge >= 0.3 is 6.36 Å². The van der Waals surface area contributed by atoms with Gasteiger partial charge in [0.05, 0.1) is 39.4 Å². The van der Waals surface area contributed by atoms with Gasteiger partial charge in [-0.3, -0.25) is 0 Å². The summed E-state index contributed by atoms with van der Waals surface area (Å²) in [4.78, 5) is 1.86. The zero-order valence-corrected chi connectivity index (χ0v) is 25.9. The number of hydrogen-bond donors (Lipinski definition) is 2. The van der Waals surface area contributed by atoms with Crippen molar-refractivity contribution >= 4 is 31.3 Å². The molecule has 2 aliphatic rings. The number of nitrogens with zero attached hydrogens (tertiary/aromatic N) is 3. The molecule has 1 fully saturated rings. The van der Waals surface area contributed by atoms with E-state index in [1.807, 2.05) is 4.90 Å². The van der Waals surface area contributed by atoms with E-state index < -0.39 is 50.2 Å². The first kappa shape index (κ1) is 31.8. The van der Waals surface area contributed by atoms with Crippen molar-refractivity contribution in [2.75, 3.05) is 25.0 Å². The topological polar surface area (TPSA) is 121 Å². The van der Waals surface area contributed by atoms with Crippen molar-refractivity contribution < 1.29 is 40.4 Å². The van der Waals surface area contributed by atoms with Gasteiger partial charge in [0.2, 0.25) is 10.0 Å². The molecule has 10 nitrogen and oxygen atoms in total. The van der Waals surface area contributed by atoms with E-state index in [0.29, 0.717) is 22.9 Å². The number of aliphatic hydroxyl groups excluding tert-OH is 1. The molecule has 15 heteroatoms. The van der Waals surface area contributed by atoms with Crippen LogP contribution in [0.25, 0.3) is 0 Å². The Labute approximate surface area is 264 Å². The van der Waals surface area contributed by atoms with E-state index in [1.165, 1.54) is 35.6 Å². The van der Waals surface area contributed by atoms with Crippen molar-refractivity contribution in [1.82, 2.24) is 9.03 Å². The standard InChI is InChI=1S/C31H29F3N4O6S2/c1-35-45(40,22-17-15-21(16-18-22)44-31(32,33)34)36-24-19-37(46(41,42)23-9-3-2-4-10-23)20-27(30(24)39)38-25-11-5-7-13-28(25)43-29-14-8-6-12-26(29)38/h2-18,24,27,30,39H,19-20H2,1H3,(H,35,36,40). The molecule has 0 spiro atoms. The Hall–Kier alpha value is -4.15. The first-order valence-electron chi connectivity index (χ1n) is 14.1. The predicted octanol–water partition coefficient (Wildman–Crippen LogP) is 5.29. The zero-order chi connectivity index (χ0) is 32.7. The van der Waals surface area contributed by atoms with Crippen LogP contribution in [-0.2, 0) is 19.9 Å². The number of fused-ring (bicyclic) bond motifs is 2. The molecule has 0 amide bonds. The van der Waals surface area contributed by atoms with Crippen molar-refractivity contribution in [3.8, 4) is 17.2 Å². The molecule has 0 bridgehead atoms. The number of nitrogens with one attached hydrogen (secondary N) is 1. The number of hydrogen-bond acceptors (Lipinski definition) is 8. The highest BCUT2D eigenvalue weighted by Gasteiger charge is 2.46. The van der Waals surface area contributed by atoms with E-state index in [1.54, 1.807) is 66.7 Å². The van der Waals surface area contributed by atoms with E-state index in [9.17, 15) is 30.9 Å². The summed E-state index contributed by atoms with van der Waals surface area (Å²) < 4.78 is 98.5. The van der Waals surface area contributed by atoms with Crippen LogP contribution >= 0.6 is 0 Å². The van der Waals surface area contributed by atoms with Gasteiger partial charge in [-0.15, -0.1) is 13.2 Å². The Morgan fingerprint density at radius 1 is 0.826 bits per heavy atom. The van der Waals surface area contributed by atoms with Crippen LogP contribution in [0, 0.1) is 0 Å². The number of ether oxygens (including phenoxy) is 2. The first-order valence-corrected chi connectivity index (χ1v) is 17.0. The van der Waals surface area contributed by atoms with Crippen LogP contribution in [-0.4, -0.2) is 66.7 Å². The third kappa shape index (κ3) is 6.16. The molecule has 1 saturated heterocycles. The summed E-state index contributed by atoms with van der Waals surface area (Å²) in [6, 6.07) is 24.4. The van der Waals surface area contributed by atoms with Gasteiger partial charge < -0.3 is 19.5 Å². The number of piperidine rings is 1. The van der Waals surface area contributed by atoms with E-state index in [-0.39, 0.29) is 22.9 Å². The summed E-state index contributed by atoms with van der Waals surface area (Å²) in [5.41, 5.74) is 1.17. The molecule has 2 N–H and O–H groups in total. The molecule has 2 aliphatic heterocycles. The molecule has 242 valence electrons. The van der Waals surface area contributed by atoms with Crippen molar-refractivity contribution in [3.63, 3.8) is 0 Å². The second-order valence-electron chi connectivity index (χ2n) is 10.6. The van der Waals surface area contributed by atoms with Crippen LogP contribution in [0.3, 0.4) is 0 Å². The van der Waals surface area contributed by atoms with Crippen LogP contribution in [0.1, 0.15) is 0 Å². The minimum atomic E-state index is -4.91. The van der Waals surface area contributed by atoms with Gasteiger partial charge in [-0.1, -0.05) is 42.5 Å². The SMILES string of the molecule is CN=S(=O)(NC1CN(S(=O)(=O)c2ccccc2)CC(N2c3ccccc3Oc3ccccc32)C1O)c1ccc(OC(F)(F)F)cc1. The number of benzene rings is 4. The smallest absolute Gasteiger partial charge is 0.453 e. The number of aliphatic hydroxyl groups is 1. The van der Waals surface area contributed by atoms with Gasteiger partial charge in [-0.25, -0.2) is 21.7 Å². The summed E-state index contributed by atoms with van der Waals surface area (Å²) in [6.45, 7) is -0.433. The minimum Gasteiger partial charge on any atom is -0.453 e. The molecule has 46 heavy (non-hydrogen) atoms. The molecule has 0 aromatic heterocycles. The highest BCUT2D eigenvalue weighted by Crippen LogP contribution is 2.48. The third-order valence-electron chi connectivity index (χ3n) is 7.72.